The lowest BCUT2D eigenvalue weighted by Gasteiger charge is -2.28. The van der Waals surface area contributed by atoms with Gasteiger partial charge in [-0.3, -0.25) is 0 Å². The first-order chi connectivity index (χ1) is 5.72. The van der Waals surface area contributed by atoms with Gasteiger partial charge in [0.15, 0.2) is 0 Å². The number of rotatable bonds is 3. The molecule has 1 nitrogen and oxygen atoms in total. The maximum Gasteiger partial charge on any atom is 0.104 e. The Balaban J connectivity index is 2.17. The highest BCUT2D eigenvalue weighted by atomic mass is 19.1. The maximum atomic E-state index is 12.2. The third-order valence-electron chi connectivity index (χ3n) is 2.77. The molecule has 0 radical (unpaired) electrons. The fourth-order valence-electron chi connectivity index (χ4n) is 1.87. The summed E-state index contributed by atoms with van der Waals surface area (Å²) in [6.45, 7) is 3.97. The Bertz CT molecular complexity index is 119. The fourth-order valence-corrected chi connectivity index (χ4v) is 1.87. The third kappa shape index (κ3) is 3.10. The molecule has 0 heterocycles. The molecule has 0 saturated heterocycles. The quantitative estimate of drug-likeness (QED) is 0.691. The topological polar surface area (TPSA) is 12.0 Å². The van der Waals surface area contributed by atoms with Gasteiger partial charge in [0.2, 0.25) is 0 Å². The molecule has 1 N–H and O–H groups in total. The summed E-state index contributed by atoms with van der Waals surface area (Å²) in [5, 5.41) is 3.31. The van der Waals surface area contributed by atoms with E-state index in [1.54, 1.807) is 0 Å². The smallest absolute Gasteiger partial charge is 0.104 e. The van der Waals surface area contributed by atoms with Gasteiger partial charge >= 0.3 is 0 Å². The van der Waals surface area contributed by atoms with E-state index in [0.717, 1.165) is 5.92 Å². The predicted molar refractivity (Wildman–Crippen MR) is 50.0 cm³/mol. The zero-order valence-electron chi connectivity index (χ0n) is 8.15. The van der Waals surface area contributed by atoms with Gasteiger partial charge in [0.05, 0.1) is 0 Å². The van der Waals surface area contributed by atoms with Gasteiger partial charge in [-0.15, -0.1) is 0 Å². The molecule has 0 amide bonds. The first-order valence-electron chi connectivity index (χ1n) is 5.04. The summed E-state index contributed by atoms with van der Waals surface area (Å²) < 4.78 is 12.2. The summed E-state index contributed by atoms with van der Waals surface area (Å²) in [5.74, 6) is 0.878. The fraction of sp³-hybridized carbons (Fsp3) is 1.00. The molecule has 0 aromatic rings. The first-order valence-corrected chi connectivity index (χ1v) is 5.04. The first kappa shape index (κ1) is 9.97. The van der Waals surface area contributed by atoms with E-state index in [1.807, 2.05) is 6.92 Å². The van der Waals surface area contributed by atoms with Gasteiger partial charge < -0.3 is 5.32 Å². The van der Waals surface area contributed by atoms with Gasteiger partial charge in [-0.25, -0.2) is 4.39 Å². The molecule has 0 bridgehead atoms. The maximum absolute atomic E-state index is 12.2. The van der Waals surface area contributed by atoms with Crippen molar-refractivity contribution in [2.45, 2.75) is 51.6 Å². The van der Waals surface area contributed by atoms with Crippen molar-refractivity contribution < 1.29 is 4.39 Å². The average Bonchev–Trinajstić information content (AvgIpc) is 2.09. The second kappa shape index (κ2) is 4.80. The number of alkyl halides is 1. The minimum absolute atomic E-state index is 0.0448. The van der Waals surface area contributed by atoms with E-state index in [0.29, 0.717) is 6.04 Å². The molecule has 1 atom stereocenters. The van der Waals surface area contributed by atoms with Crippen molar-refractivity contribution in [3.63, 3.8) is 0 Å². The normalized spacial score (nSPS) is 33.2. The standard InChI is InChI=1S/C10H20FN/c1-8-3-5-10(6-4-8)12-9(2)7-11/h8-10,12H,3-7H2,1-2H3/t8-,9?,10-. The monoisotopic (exact) mass is 173 g/mol. The summed E-state index contributed by atoms with van der Waals surface area (Å²) in [5.41, 5.74) is 0. The van der Waals surface area contributed by atoms with Crippen molar-refractivity contribution in [2.75, 3.05) is 6.67 Å². The number of nitrogens with one attached hydrogen (secondary N) is 1. The average molecular weight is 173 g/mol. The van der Waals surface area contributed by atoms with E-state index in [2.05, 4.69) is 12.2 Å². The zero-order chi connectivity index (χ0) is 8.97. The Labute approximate surface area is 74.7 Å². The summed E-state index contributed by atoms with van der Waals surface area (Å²) in [7, 11) is 0. The predicted octanol–water partition coefficient (Wildman–Crippen LogP) is 2.51. The molecule has 1 saturated carbocycles. The Kier molecular flexibility index (Phi) is 3.99. The second-order valence-corrected chi connectivity index (χ2v) is 4.18. The van der Waals surface area contributed by atoms with E-state index in [4.69, 9.17) is 0 Å². The molecule has 0 aliphatic heterocycles. The van der Waals surface area contributed by atoms with Crippen molar-refractivity contribution in [2.24, 2.45) is 5.92 Å². The van der Waals surface area contributed by atoms with E-state index in [9.17, 15) is 4.39 Å². The summed E-state index contributed by atoms with van der Waals surface area (Å²) >= 11 is 0. The SMILES string of the molecule is CC(CF)N[C@H]1CC[C@H](C)CC1. The molecule has 12 heavy (non-hydrogen) atoms. The molecular formula is C10H20FN. The molecule has 1 rings (SSSR count). The van der Waals surface area contributed by atoms with Crippen molar-refractivity contribution in [1.29, 1.82) is 0 Å². The van der Waals surface area contributed by atoms with Crippen molar-refractivity contribution in [3.8, 4) is 0 Å². The molecular weight excluding hydrogens is 153 g/mol. The van der Waals surface area contributed by atoms with Crippen molar-refractivity contribution in [3.05, 3.63) is 0 Å². The van der Waals surface area contributed by atoms with Crippen LogP contribution in [0.1, 0.15) is 39.5 Å². The Morgan fingerprint density at radius 2 is 1.92 bits per heavy atom. The molecule has 1 unspecified atom stereocenters. The molecule has 72 valence electrons. The van der Waals surface area contributed by atoms with Crippen LogP contribution in [-0.2, 0) is 0 Å². The minimum Gasteiger partial charge on any atom is -0.309 e. The zero-order valence-corrected chi connectivity index (χ0v) is 8.15. The van der Waals surface area contributed by atoms with Gasteiger partial charge in [0.1, 0.15) is 6.67 Å². The van der Waals surface area contributed by atoms with Crippen LogP contribution in [-0.4, -0.2) is 18.8 Å². The van der Waals surface area contributed by atoms with Crippen molar-refractivity contribution in [1.82, 2.24) is 5.32 Å². The summed E-state index contributed by atoms with van der Waals surface area (Å²) in [4.78, 5) is 0. The highest BCUT2D eigenvalue weighted by molar-refractivity contribution is 4.77. The Hall–Kier alpha value is -0.110. The van der Waals surface area contributed by atoms with Gasteiger partial charge in [-0.1, -0.05) is 6.92 Å². The second-order valence-electron chi connectivity index (χ2n) is 4.18. The minimum atomic E-state index is -0.244. The van der Waals surface area contributed by atoms with Crippen molar-refractivity contribution >= 4 is 0 Å². The molecule has 2 heteroatoms. The van der Waals surface area contributed by atoms with Crippen LogP contribution in [0.2, 0.25) is 0 Å². The largest absolute Gasteiger partial charge is 0.309 e. The van der Waals surface area contributed by atoms with Crippen LogP contribution in [0.5, 0.6) is 0 Å². The van der Waals surface area contributed by atoms with E-state index in [1.165, 1.54) is 25.7 Å². The van der Waals surface area contributed by atoms with Gasteiger partial charge in [0.25, 0.3) is 0 Å². The van der Waals surface area contributed by atoms with Crippen LogP contribution in [0.4, 0.5) is 4.39 Å². The molecule has 0 aromatic carbocycles. The van der Waals surface area contributed by atoms with Crippen LogP contribution in [0.3, 0.4) is 0 Å². The molecule has 1 aliphatic rings. The highest BCUT2D eigenvalue weighted by Gasteiger charge is 2.18. The highest BCUT2D eigenvalue weighted by Crippen LogP contribution is 2.23. The number of hydrogen-bond donors (Lipinski definition) is 1. The van der Waals surface area contributed by atoms with Crippen LogP contribution in [0.15, 0.2) is 0 Å². The Morgan fingerprint density at radius 3 is 2.42 bits per heavy atom. The third-order valence-corrected chi connectivity index (χ3v) is 2.77. The lowest BCUT2D eigenvalue weighted by atomic mass is 9.87. The van der Waals surface area contributed by atoms with Gasteiger partial charge in [-0.05, 0) is 38.5 Å². The van der Waals surface area contributed by atoms with Crippen LogP contribution in [0.25, 0.3) is 0 Å². The lowest BCUT2D eigenvalue weighted by molar-refractivity contribution is 0.272. The van der Waals surface area contributed by atoms with Gasteiger partial charge in [-0.2, -0.15) is 0 Å². The van der Waals surface area contributed by atoms with Crippen LogP contribution < -0.4 is 5.32 Å². The van der Waals surface area contributed by atoms with E-state index < -0.39 is 0 Å². The van der Waals surface area contributed by atoms with Gasteiger partial charge in [0, 0.05) is 12.1 Å². The lowest BCUT2D eigenvalue weighted by Crippen LogP contribution is -2.39. The molecule has 0 aromatic heterocycles. The summed E-state index contributed by atoms with van der Waals surface area (Å²) in [6, 6.07) is 0.621. The van der Waals surface area contributed by atoms with Crippen LogP contribution in [0, 0.1) is 5.92 Å². The summed E-state index contributed by atoms with van der Waals surface area (Å²) in [6.07, 6.45) is 5.06. The van der Waals surface area contributed by atoms with E-state index in [-0.39, 0.29) is 12.7 Å². The molecule has 0 spiro atoms. The van der Waals surface area contributed by atoms with Crippen LogP contribution >= 0.6 is 0 Å². The van der Waals surface area contributed by atoms with E-state index >= 15 is 0 Å². The molecule has 1 aliphatic carbocycles. The number of halogens is 1. The number of hydrogen-bond acceptors (Lipinski definition) is 1. The Morgan fingerprint density at radius 1 is 1.33 bits per heavy atom. The molecule has 1 fully saturated rings.